The lowest BCUT2D eigenvalue weighted by molar-refractivity contribution is 0.321. The molecule has 0 aromatic heterocycles. The molecule has 90 valence electrons. The molecular weight excluding hydrogens is 234 g/mol. The van der Waals surface area contributed by atoms with E-state index < -0.39 is 11.6 Å². The molecule has 0 amide bonds. The summed E-state index contributed by atoms with van der Waals surface area (Å²) in [5, 5.41) is 0. The number of hydrogen-bond donors (Lipinski definition) is 1. The average Bonchev–Trinajstić information content (AvgIpc) is 2.56. The minimum Gasteiger partial charge on any atom is -0.326 e. The fraction of sp³-hybridized carbons (Fsp3) is 0.455. The van der Waals surface area contributed by atoms with Crippen LogP contribution in [0.25, 0.3) is 0 Å². The lowest BCUT2D eigenvalue weighted by atomic mass is 10.2. The zero-order chi connectivity index (χ0) is 10.8. The van der Waals surface area contributed by atoms with E-state index in [2.05, 4.69) is 4.90 Å². The van der Waals surface area contributed by atoms with Gasteiger partial charge in [-0.3, -0.25) is 4.90 Å². The van der Waals surface area contributed by atoms with Gasteiger partial charge in [-0.25, -0.2) is 8.78 Å². The van der Waals surface area contributed by atoms with E-state index in [4.69, 9.17) is 5.73 Å². The average molecular weight is 249 g/mol. The van der Waals surface area contributed by atoms with Crippen molar-refractivity contribution in [1.82, 2.24) is 4.90 Å². The molecular formula is C11H15ClF2N2. The van der Waals surface area contributed by atoms with Crippen LogP contribution < -0.4 is 5.73 Å². The molecule has 2 N–H and O–H groups in total. The van der Waals surface area contributed by atoms with Gasteiger partial charge in [-0.05, 0) is 12.5 Å². The van der Waals surface area contributed by atoms with Crippen LogP contribution in [0.3, 0.4) is 0 Å². The van der Waals surface area contributed by atoms with Crippen LogP contribution in [0, 0.1) is 11.6 Å². The van der Waals surface area contributed by atoms with E-state index >= 15 is 0 Å². The molecule has 1 aromatic rings. The maximum atomic E-state index is 13.3. The molecule has 0 radical (unpaired) electrons. The molecule has 1 aromatic carbocycles. The number of nitrogens with two attached hydrogens (primary N) is 1. The summed E-state index contributed by atoms with van der Waals surface area (Å²) in [6.45, 7) is 2.19. The Labute approximate surface area is 99.8 Å². The summed E-state index contributed by atoms with van der Waals surface area (Å²) in [6, 6.07) is 3.89. The molecule has 0 spiro atoms. The van der Waals surface area contributed by atoms with Gasteiger partial charge in [-0.1, -0.05) is 6.07 Å². The lowest BCUT2D eigenvalue weighted by Crippen LogP contribution is -2.26. The summed E-state index contributed by atoms with van der Waals surface area (Å²) in [4.78, 5) is 2.08. The van der Waals surface area contributed by atoms with Crippen molar-refractivity contribution in [2.75, 3.05) is 13.1 Å². The number of hydrogen-bond acceptors (Lipinski definition) is 2. The van der Waals surface area contributed by atoms with Crippen LogP contribution in [0.4, 0.5) is 8.78 Å². The number of halogens is 3. The second kappa shape index (κ2) is 5.57. The summed E-state index contributed by atoms with van der Waals surface area (Å²) >= 11 is 0. The predicted octanol–water partition coefficient (Wildman–Crippen LogP) is 1.92. The Hall–Kier alpha value is -0.710. The van der Waals surface area contributed by atoms with E-state index in [9.17, 15) is 8.78 Å². The molecule has 1 fully saturated rings. The third kappa shape index (κ3) is 3.14. The molecule has 1 heterocycles. The van der Waals surface area contributed by atoms with Gasteiger partial charge in [0.25, 0.3) is 0 Å². The Bertz CT molecular complexity index is 360. The summed E-state index contributed by atoms with van der Waals surface area (Å²) in [7, 11) is 0. The van der Waals surface area contributed by atoms with Crippen molar-refractivity contribution < 1.29 is 8.78 Å². The smallest absolute Gasteiger partial charge is 0.130 e. The first-order valence-corrected chi connectivity index (χ1v) is 5.07. The molecule has 0 unspecified atom stereocenters. The minimum atomic E-state index is -0.533. The van der Waals surface area contributed by atoms with Crippen LogP contribution in [-0.2, 0) is 6.54 Å². The zero-order valence-corrected chi connectivity index (χ0v) is 9.64. The van der Waals surface area contributed by atoms with Gasteiger partial charge in [-0.2, -0.15) is 0 Å². The van der Waals surface area contributed by atoms with Crippen molar-refractivity contribution >= 4 is 12.4 Å². The highest BCUT2D eigenvalue weighted by molar-refractivity contribution is 5.85. The first-order valence-electron chi connectivity index (χ1n) is 5.07. The Kier molecular flexibility index (Phi) is 4.65. The Morgan fingerprint density at radius 2 is 2.12 bits per heavy atom. The summed E-state index contributed by atoms with van der Waals surface area (Å²) < 4.78 is 26.0. The lowest BCUT2D eigenvalue weighted by Gasteiger charge is -2.15. The highest BCUT2D eigenvalue weighted by atomic mass is 35.5. The molecule has 2 rings (SSSR count). The number of rotatable bonds is 2. The number of benzene rings is 1. The topological polar surface area (TPSA) is 29.3 Å². The van der Waals surface area contributed by atoms with Crippen LogP contribution in [-0.4, -0.2) is 24.0 Å². The van der Waals surface area contributed by atoms with Crippen LogP contribution in [0.5, 0.6) is 0 Å². The van der Waals surface area contributed by atoms with Crippen LogP contribution >= 0.6 is 12.4 Å². The van der Waals surface area contributed by atoms with Gasteiger partial charge < -0.3 is 5.73 Å². The normalized spacial score (nSPS) is 20.8. The molecule has 0 aliphatic carbocycles. The molecule has 1 atom stereocenters. The van der Waals surface area contributed by atoms with E-state index in [1.54, 1.807) is 0 Å². The summed E-state index contributed by atoms with van der Waals surface area (Å²) in [5.74, 6) is -1.01. The van der Waals surface area contributed by atoms with Gasteiger partial charge in [0, 0.05) is 37.3 Å². The van der Waals surface area contributed by atoms with E-state index in [1.165, 1.54) is 12.1 Å². The molecule has 0 saturated carbocycles. The first kappa shape index (κ1) is 13.4. The summed E-state index contributed by atoms with van der Waals surface area (Å²) in [5.41, 5.74) is 6.28. The van der Waals surface area contributed by atoms with Crippen molar-refractivity contribution in [3.63, 3.8) is 0 Å². The molecule has 1 saturated heterocycles. The van der Waals surface area contributed by atoms with Crippen molar-refractivity contribution in [1.29, 1.82) is 0 Å². The third-order valence-electron chi connectivity index (χ3n) is 2.72. The molecule has 1 aliphatic rings. The molecule has 16 heavy (non-hydrogen) atoms. The molecule has 5 heteroatoms. The van der Waals surface area contributed by atoms with Crippen LogP contribution in [0.15, 0.2) is 18.2 Å². The minimum absolute atomic E-state index is 0. The van der Waals surface area contributed by atoms with Gasteiger partial charge in [0.1, 0.15) is 11.6 Å². The predicted molar refractivity (Wildman–Crippen MR) is 61.5 cm³/mol. The Morgan fingerprint density at radius 3 is 2.69 bits per heavy atom. The maximum Gasteiger partial charge on any atom is 0.130 e. The van der Waals surface area contributed by atoms with Gasteiger partial charge in [0.05, 0.1) is 0 Å². The van der Waals surface area contributed by atoms with Crippen LogP contribution in [0.1, 0.15) is 12.0 Å². The highest BCUT2D eigenvalue weighted by Gasteiger charge is 2.19. The van der Waals surface area contributed by atoms with Gasteiger partial charge in [-0.15, -0.1) is 12.4 Å². The maximum absolute atomic E-state index is 13.3. The number of nitrogens with zero attached hydrogens (tertiary/aromatic N) is 1. The van der Waals surface area contributed by atoms with E-state index in [0.29, 0.717) is 12.1 Å². The Morgan fingerprint density at radius 1 is 1.38 bits per heavy atom. The van der Waals surface area contributed by atoms with Gasteiger partial charge >= 0.3 is 0 Å². The van der Waals surface area contributed by atoms with Crippen molar-refractivity contribution in [3.8, 4) is 0 Å². The van der Waals surface area contributed by atoms with Crippen molar-refractivity contribution in [2.24, 2.45) is 5.73 Å². The Balaban J connectivity index is 0.00000128. The zero-order valence-electron chi connectivity index (χ0n) is 8.83. The van der Waals surface area contributed by atoms with Gasteiger partial charge in [0.15, 0.2) is 0 Å². The number of likely N-dealkylation sites (tertiary alicyclic amines) is 1. The first-order chi connectivity index (χ1) is 7.15. The van der Waals surface area contributed by atoms with Gasteiger partial charge in [0.2, 0.25) is 0 Å². The quantitative estimate of drug-likeness (QED) is 0.867. The fourth-order valence-corrected chi connectivity index (χ4v) is 1.90. The largest absolute Gasteiger partial charge is 0.326 e. The molecule has 1 aliphatic heterocycles. The second-order valence-corrected chi connectivity index (χ2v) is 4.02. The van der Waals surface area contributed by atoms with E-state index in [1.807, 2.05) is 0 Å². The van der Waals surface area contributed by atoms with Crippen molar-refractivity contribution in [3.05, 3.63) is 35.4 Å². The second-order valence-electron chi connectivity index (χ2n) is 4.02. The van der Waals surface area contributed by atoms with Crippen LogP contribution in [0.2, 0.25) is 0 Å². The summed E-state index contributed by atoms with van der Waals surface area (Å²) in [6.07, 6.45) is 0.947. The SMILES string of the molecule is Cl.N[C@@H]1CCN(Cc2ccc(F)cc2F)C1. The molecule has 2 nitrogen and oxygen atoms in total. The molecule has 0 bridgehead atoms. The highest BCUT2D eigenvalue weighted by Crippen LogP contribution is 2.15. The third-order valence-corrected chi connectivity index (χ3v) is 2.72. The fourth-order valence-electron chi connectivity index (χ4n) is 1.90. The monoisotopic (exact) mass is 248 g/mol. The standard InChI is InChI=1S/C11H14F2N2.ClH/c12-9-2-1-8(11(13)5-9)6-15-4-3-10(14)7-15;/h1-2,5,10H,3-4,6-7,14H2;1H/t10-;/m1./s1. The van der Waals surface area contributed by atoms with E-state index in [-0.39, 0.29) is 18.4 Å². The van der Waals surface area contributed by atoms with E-state index in [0.717, 1.165) is 25.6 Å². The van der Waals surface area contributed by atoms with Crippen molar-refractivity contribution in [2.45, 2.75) is 19.0 Å².